The van der Waals surface area contributed by atoms with Crippen molar-refractivity contribution >= 4 is 11.6 Å². The normalized spacial score (nSPS) is 25.0. The van der Waals surface area contributed by atoms with Gasteiger partial charge in [-0.15, -0.1) is 0 Å². The maximum Gasteiger partial charge on any atom is 0.241 e. The molecule has 18 heavy (non-hydrogen) atoms. The maximum absolute atomic E-state index is 11.5. The molecule has 94 valence electrons. The Kier molecular flexibility index (Phi) is 2.40. The van der Waals surface area contributed by atoms with Crippen LogP contribution in [-0.2, 0) is 11.2 Å². The van der Waals surface area contributed by atoms with E-state index in [0.29, 0.717) is 13.0 Å². The number of carbonyl (C=O) groups excluding carboxylic acids is 1. The molecule has 0 aromatic heterocycles. The molecule has 0 bridgehead atoms. The molecule has 2 aliphatic rings. The highest BCUT2D eigenvalue weighted by atomic mass is 16.5. The van der Waals surface area contributed by atoms with Crippen molar-refractivity contribution in [3.8, 4) is 5.75 Å². The number of ether oxygens (including phenoxy) is 1. The first kappa shape index (κ1) is 11.3. The van der Waals surface area contributed by atoms with E-state index in [1.54, 1.807) is 0 Å². The van der Waals surface area contributed by atoms with Crippen molar-refractivity contribution in [3.05, 3.63) is 29.3 Å². The van der Waals surface area contributed by atoms with Crippen LogP contribution in [0.25, 0.3) is 0 Å². The topological polar surface area (TPSA) is 50.7 Å². The van der Waals surface area contributed by atoms with Gasteiger partial charge in [-0.1, -0.05) is 6.92 Å². The lowest BCUT2D eigenvalue weighted by molar-refractivity contribution is -0.122. The van der Waals surface area contributed by atoms with Crippen LogP contribution < -0.4 is 10.2 Å². The van der Waals surface area contributed by atoms with Gasteiger partial charge in [0.05, 0.1) is 12.3 Å². The van der Waals surface area contributed by atoms with Gasteiger partial charge in [-0.05, 0) is 37.1 Å². The molecule has 4 nitrogen and oxygen atoms in total. The first-order valence-corrected chi connectivity index (χ1v) is 6.25. The molecule has 0 spiro atoms. The summed E-state index contributed by atoms with van der Waals surface area (Å²) in [6, 6.07) is 6.07. The summed E-state index contributed by atoms with van der Waals surface area (Å²) in [4.78, 5) is 11.5. The summed E-state index contributed by atoms with van der Waals surface area (Å²) in [7, 11) is 0. The van der Waals surface area contributed by atoms with Gasteiger partial charge in [0, 0.05) is 17.4 Å². The van der Waals surface area contributed by atoms with E-state index in [-0.39, 0.29) is 11.3 Å². The van der Waals surface area contributed by atoms with Crippen LogP contribution in [0.3, 0.4) is 0 Å². The van der Waals surface area contributed by atoms with Gasteiger partial charge in [0.2, 0.25) is 5.91 Å². The van der Waals surface area contributed by atoms with Crippen LogP contribution in [-0.4, -0.2) is 18.2 Å². The standard InChI is InChI=1S/C14H16N2O2/c1-3-18-10-4-5-11-9(6-10)7-14(2)8-12(17)15-16-13(11)14/h4-6H,3,7-8H2,1-2H3,(H,15,17). The molecular formula is C14H16N2O2. The maximum atomic E-state index is 11.5. The zero-order valence-electron chi connectivity index (χ0n) is 10.6. The number of amides is 1. The lowest BCUT2D eigenvalue weighted by Gasteiger charge is -2.27. The smallest absolute Gasteiger partial charge is 0.241 e. The number of fused-ring (bicyclic) bond motifs is 3. The third-order valence-corrected chi connectivity index (χ3v) is 3.64. The van der Waals surface area contributed by atoms with Crippen molar-refractivity contribution in [2.75, 3.05) is 6.61 Å². The van der Waals surface area contributed by atoms with Crippen LogP contribution in [0.1, 0.15) is 31.4 Å². The van der Waals surface area contributed by atoms with Crippen molar-refractivity contribution < 1.29 is 9.53 Å². The molecule has 3 rings (SSSR count). The van der Waals surface area contributed by atoms with E-state index in [2.05, 4.69) is 23.5 Å². The van der Waals surface area contributed by atoms with Gasteiger partial charge in [0.1, 0.15) is 5.75 Å². The summed E-state index contributed by atoms with van der Waals surface area (Å²) >= 11 is 0. The van der Waals surface area contributed by atoms with Gasteiger partial charge in [-0.3, -0.25) is 4.79 Å². The van der Waals surface area contributed by atoms with Crippen LogP contribution in [0.2, 0.25) is 0 Å². The molecule has 1 aromatic rings. The molecule has 0 saturated carbocycles. The number of benzene rings is 1. The van der Waals surface area contributed by atoms with Crippen LogP contribution in [0.5, 0.6) is 5.75 Å². The minimum Gasteiger partial charge on any atom is -0.494 e. The highest BCUT2D eigenvalue weighted by Gasteiger charge is 2.43. The Morgan fingerprint density at radius 1 is 1.44 bits per heavy atom. The van der Waals surface area contributed by atoms with Gasteiger partial charge in [0.15, 0.2) is 0 Å². The fraction of sp³-hybridized carbons (Fsp3) is 0.429. The number of carbonyl (C=O) groups is 1. The summed E-state index contributed by atoms with van der Waals surface area (Å²) in [5.41, 5.74) is 5.78. The van der Waals surface area contributed by atoms with Crippen LogP contribution in [0, 0.1) is 5.41 Å². The lowest BCUT2D eigenvalue weighted by Crippen LogP contribution is -2.38. The molecule has 1 aromatic carbocycles. The fourth-order valence-corrected chi connectivity index (χ4v) is 2.89. The Morgan fingerprint density at radius 3 is 3.06 bits per heavy atom. The second-order valence-corrected chi connectivity index (χ2v) is 5.16. The summed E-state index contributed by atoms with van der Waals surface area (Å²) < 4.78 is 5.52. The molecule has 1 aliphatic carbocycles. The van der Waals surface area contributed by atoms with E-state index in [1.165, 1.54) is 5.56 Å². The van der Waals surface area contributed by atoms with Crippen molar-refractivity contribution in [2.24, 2.45) is 10.5 Å². The molecule has 0 fully saturated rings. The van der Waals surface area contributed by atoms with E-state index in [0.717, 1.165) is 23.4 Å². The van der Waals surface area contributed by atoms with E-state index >= 15 is 0 Å². The van der Waals surface area contributed by atoms with Crippen molar-refractivity contribution in [3.63, 3.8) is 0 Å². The van der Waals surface area contributed by atoms with Crippen molar-refractivity contribution in [2.45, 2.75) is 26.7 Å². The van der Waals surface area contributed by atoms with Gasteiger partial charge >= 0.3 is 0 Å². The molecule has 1 amide bonds. The van der Waals surface area contributed by atoms with Crippen LogP contribution >= 0.6 is 0 Å². The van der Waals surface area contributed by atoms with Crippen molar-refractivity contribution in [1.29, 1.82) is 0 Å². The monoisotopic (exact) mass is 244 g/mol. The Hall–Kier alpha value is -1.84. The fourth-order valence-electron chi connectivity index (χ4n) is 2.89. The van der Waals surface area contributed by atoms with Crippen LogP contribution in [0.4, 0.5) is 0 Å². The summed E-state index contributed by atoms with van der Waals surface area (Å²) in [5.74, 6) is 0.887. The second kappa shape index (κ2) is 3.83. The van der Waals surface area contributed by atoms with E-state index < -0.39 is 0 Å². The predicted octanol–water partition coefficient (Wildman–Crippen LogP) is 1.87. The Labute approximate surface area is 106 Å². The Balaban J connectivity index is 2.03. The number of hydrogen-bond donors (Lipinski definition) is 1. The third-order valence-electron chi connectivity index (χ3n) is 3.64. The highest BCUT2D eigenvalue weighted by Crippen LogP contribution is 2.42. The van der Waals surface area contributed by atoms with Gasteiger partial charge < -0.3 is 4.74 Å². The largest absolute Gasteiger partial charge is 0.494 e. The highest BCUT2D eigenvalue weighted by molar-refractivity contribution is 6.11. The van der Waals surface area contributed by atoms with E-state index in [9.17, 15) is 4.79 Å². The second-order valence-electron chi connectivity index (χ2n) is 5.16. The van der Waals surface area contributed by atoms with Gasteiger partial charge in [-0.25, -0.2) is 5.43 Å². The molecule has 4 heteroatoms. The average molecular weight is 244 g/mol. The predicted molar refractivity (Wildman–Crippen MR) is 68.7 cm³/mol. The summed E-state index contributed by atoms with van der Waals surface area (Å²) in [6.07, 6.45) is 1.36. The Bertz CT molecular complexity index is 551. The average Bonchev–Trinajstić information content (AvgIpc) is 2.59. The number of rotatable bonds is 2. The zero-order chi connectivity index (χ0) is 12.8. The molecule has 1 unspecified atom stereocenters. The number of hydrazone groups is 1. The SMILES string of the molecule is CCOc1ccc2c(c1)CC1(C)CC(=O)NN=C21. The molecule has 1 atom stereocenters. The number of hydrogen-bond acceptors (Lipinski definition) is 3. The third kappa shape index (κ3) is 1.60. The van der Waals surface area contributed by atoms with Gasteiger partial charge in [0.25, 0.3) is 0 Å². The molecule has 1 heterocycles. The summed E-state index contributed by atoms with van der Waals surface area (Å²) in [5, 5.41) is 4.24. The van der Waals surface area contributed by atoms with Crippen molar-refractivity contribution in [1.82, 2.24) is 5.43 Å². The minimum atomic E-state index is -0.157. The molecular weight excluding hydrogens is 228 g/mol. The van der Waals surface area contributed by atoms with E-state index in [4.69, 9.17) is 4.74 Å². The molecule has 1 aliphatic heterocycles. The first-order chi connectivity index (χ1) is 8.62. The molecule has 0 radical (unpaired) electrons. The molecule has 0 saturated heterocycles. The number of nitrogens with one attached hydrogen (secondary N) is 1. The quantitative estimate of drug-likeness (QED) is 0.863. The lowest BCUT2D eigenvalue weighted by atomic mass is 9.81. The minimum absolute atomic E-state index is 0.000845. The Morgan fingerprint density at radius 2 is 2.28 bits per heavy atom. The zero-order valence-corrected chi connectivity index (χ0v) is 10.6. The molecule has 1 N–H and O–H groups in total. The van der Waals surface area contributed by atoms with Gasteiger partial charge in [-0.2, -0.15) is 5.10 Å². The first-order valence-electron chi connectivity index (χ1n) is 6.25. The number of nitrogens with zero attached hydrogens (tertiary/aromatic N) is 1. The van der Waals surface area contributed by atoms with E-state index in [1.807, 2.05) is 19.1 Å². The summed E-state index contributed by atoms with van der Waals surface area (Å²) in [6.45, 7) is 4.74. The van der Waals surface area contributed by atoms with Crippen LogP contribution in [0.15, 0.2) is 23.3 Å².